The first-order valence-corrected chi connectivity index (χ1v) is 27.9. The number of aromatic nitrogens is 3. The van der Waals surface area contributed by atoms with Gasteiger partial charge in [-0.05, 0) is 159 Å². The lowest BCUT2D eigenvalue weighted by molar-refractivity contribution is -0.274. The van der Waals surface area contributed by atoms with Crippen LogP contribution in [0.15, 0.2) is 128 Å². The van der Waals surface area contributed by atoms with Crippen molar-refractivity contribution in [1.82, 2.24) is 34.6 Å². The van der Waals surface area contributed by atoms with Gasteiger partial charge in [0.1, 0.15) is 11.8 Å². The lowest BCUT2D eigenvalue weighted by atomic mass is 10.0. The van der Waals surface area contributed by atoms with Crippen LogP contribution < -0.4 is 26.4 Å². The maximum atomic E-state index is 12.7. The molecule has 6 amide bonds. The molecule has 91 heavy (non-hydrogen) atoms. The zero-order valence-electron chi connectivity index (χ0n) is 46.9. The maximum absolute atomic E-state index is 12.7. The van der Waals surface area contributed by atoms with Gasteiger partial charge in [0.25, 0.3) is 0 Å². The van der Waals surface area contributed by atoms with Crippen LogP contribution in [0.2, 0.25) is 15.1 Å². The number of likely N-dealkylation sites (N-methyl/N-ethyl adjacent to an activating group) is 1. The summed E-state index contributed by atoms with van der Waals surface area (Å²) >= 11 is 18.9. The summed E-state index contributed by atoms with van der Waals surface area (Å²) in [6.07, 6.45) is -0.520. The first kappa shape index (κ1) is 75.1. The van der Waals surface area contributed by atoms with E-state index in [1.54, 1.807) is 27.0 Å². The van der Waals surface area contributed by atoms with Gasteiger partial charge in [-0.25, -0.2) is 14.4 Å². The number of benzene rings is 3. The molecule has 0 saturated carbocycles. The van der Waals surface area contributed by atoms with E-state index in [9.17, 15) is 53.9 Å². The highest BCUT2D eigenvalue weighted by molar-refractivity contribution is 6.33. The van der Waals surface area contributed by atoms with E-state index in [1.807, 2.05) is 50.7 Å². The number of halogens is 12. The molecule has 0 bridgehead atoms. The Bertz CT molecular complexity index is 3580. The average molecular weight is 1330 g/mol. The molecule has 3 aromatic heterocycles. The fourth-order valence-electron chi connectivity index (χ4n) is 8.80. The predicted molar refractivity (Wildman–Crippen MR) is 338 cm³/mol. The van der Waals surface area contributed by atoms with Crippen molar-refractivity contribution in [3.8, 4) is 11.8 Å². The van der Waals surface area contributed by atoms with Crippen molar-refractivity contribution in [3.63, 3.8) is 0 Å². The van der Waals surface area contributed by atoms with E-state index in [4.69, 9.17) is 45.8 Å². The maximum Gasteiger partial charge on any atom is 0.573 e. The number of urea groups is 3. The largest absolute Gasteiger partial charge is 0.573 e. The second kappa shape index (κ2) is 33.6. The van der Waals surface area contributed by atoms with E-state index < -0.39 is 29.8 Å². The van der Waals surface area contributed by atoms with Crippen molar-refractivity contribution < 1.29 is 58.6 Å². The number of carbonyl (C=O) groups is 3. The van der Waals surface area contributed by atoms with Crippen molar-refractivity contribution in [2.75, 3.05) is 75.9 Å². The van der Waals surface area contributed by atoms with Crippen molar-refractivity contribution in [2.45, 2.75) is 73.2 Å². The van der Waals surface area contributed by atoms with E-state index in [-0.39, 0.29) is 46.1 Å². The third kappa shape index (κ3) is 22.2. The van der Waals surface area contributed by atoms with Gasteiger partial charge in [-0.1, -0.05) is 75.3 Å². The number of alkyl halides is 9. The van der Waals surface area contributed by atoms with Crippen molar-refractivity contribution in [2.24, 2.45) is 5.73 Å². The number of nitriles is 1. The average Bonchev–Trinajstić information content (AvgIpc) is 1.46. The van der Waals surface area contributed by atoms with Gasteiger partial charge in [-0.15, -0.1) is 13.2 Å². The molecule has 28 heteroatoms. The second-order valence-corrected chi connectivity index (χ2v) is 21.3. The minimum absolute atomic E-state index is 0. The molecule has 9 rings (SSSR count). The molecule has 0 atom stereocenters. The Morgan fingerprint density at radius 1 is 0.571 bits per heavy atom. The van der Waals surface area contributed by atoms with Crippen LogP contribution in [0.25, 0.3) is 16.7 Å². The summed E-state index contributed by atoms with van der Waals surface area (Å²) in [5, 5.41) is 18.2. The zero-order valence-corrected chi connectivity index (χ0v) is 49.2. The minimum Gasteiger partial charge on any atom is -0.406 e. The Morgan fingerprint density at radius 3 is 1.23 bits per heavy atom. The molecule has 488 valence electrons. The lowest BCUT2D eigenvalue weighted by Gasteiger charge is -2.27. The molecule has 6 heterocycles. The van der Waals surface area contributed by atoms with Gasteiger partial charge in [0.15, 0.2) is 0 Å². The molecule has 0 aliphatic carbocycles. The summed E-state index contributed by atoms with van der Waals surface area (Å²) in [5.41, 5.74) is 12.0. The summed E-state index contributed by atoms with van der Waals surface area (Å²) in [6.45, 7) is 3.58. The second-order valence-electron chi connectivity index (χ2n) is 20.1. The Kier molecular flexibility index (Phi) is 27.7. The minimum atomic E-state index is -4.77. The number of amides is 6. The molecule has 6 aromatic rings. The molecule has 0 saturated heterocycles. The van der Waals surface area contributed by atoms with Crippen molar-refractivity contribution in [3.05, 3.63) is 188 Å². The molecule has 16 nitrogen and oxygen atoms in total. The number of nitrogens with two attached hydrogens (primary N) is 1. The van der Waals surface area contributed by atoms with E-state index in [0.717, 1.165) is 82.9 Å². The molecular formula is C63H68Cl3F9N12O4. The highest BCUT2D eigenvalue weighted by Gasteiger charge is 2.33. The van der Waals surface area contributed by atoms with Gasteiger partial charge in [0, 0.05) is 88.0 Å². The highest BCUT2D eigenvalue weighted by Crippen LogP contribution is 2.34. The molecule has 3 aliphatic rings. The third-order valence-corrected chi connectivity index (χ3v) is 14.4. The number of hydrogen-bond donors (Lipinski definition) is 4. The van der Waals surface area contributed by atoms with Crippen molar-refractivity contribution in [1.29, 1.82) is 5.26 Å². The van der Waals surface area contributed by atoms with E-state index in [0.29, 0.717) is 114 Å². The van der Waals surface area contributed by atoms with Gasteiger partial charge >= 0.3 is 36.8 Å². The fourth-order valence-corrected chi connectivity index (χ4v) is 9.71. The van der Waals surface area contributed by atoms with E-state index >= 15 is 0 Å². The SMILES string of the molecule is C.C.C.CN(C)CCc1cnc(C2=CCN(C(=O)Nc3ccc(C(F)(F)F)cc3)CC2)c(Cl)c1.N#Cc1cnc(C2=CCN(C(=O)Nc3ccc(OC(F)(F)F)cc3)CC2)c(Cl)c1.NCc1cnc(C2=CCN(C(=O)Nc3ccc(C(F)(F)F)cc3)CC2)c(Cl)c1. The number of nitrogens with one attached hydrogen (secondary N) is 3. The van der Waals surface area contributed by atoms with Crippen LogP contribution in [0.4, 0.5) is 71.0 Å². The van der Waals surface area contributed by atoms with Gasteiger partial charge < -0.3 is 46.0 Å². The normalized spacial score (nSPS) is 13.9. The number of nitrogens with zero attached hydrogens (tertiary/aromatic N) is 8. The number of carbonyl (C=O) groups excluding carboxylic acids is 3. The van der Waals surface area contributed by atoms with Crippen LogP contribution in [-0.2, 0) is 25.3 Å². The van der Waals surface area contributed by atoms with Crippen LogP contribution in [-0.4, -0.2) is 119 Å². The molecular weight excluding hydrogens is 1270 g/mol. The van der Waals surface area contributed by atoms with E-state index in [1.165, 1.54) is 48.7 Å². The highest BCUT2D eigenvalue weighted by atomic mass is 35.5. The molecule has 3 aromatic carbocycles. The Labute approximate surface area is 537 Å². The number of anilines is 3. The Morgan fingerprint density at radius 2 is 0.923 bits per heavy atom. The lowest BCUT2D eigenvalue weighted by Crippen LogP contribution is -2.38. The van der Waals surface area contributed by atoms with Gasteiger partial charge in [-0.2, -0.15) is 31.6 Å². The first-order chi connectivity index (χ1) is 41.7. The van der Waals surface area contributed by atoms with Gasteiger partial charge in [-0.3, -0.25) is 15.0 Å². The number of pyridine rings is 3. The topological polar surface area (TPSA) is 198 Å². The number of ether oxygens (including phenoxy) is 1. The molecule has 5 N–H and O–H groups in total. The van der Waals surface area contributed by atoms with Gasteiger partial charge in [0.05, 0.1) is 48.8 Å². The first-order valence-electron chi connectivity index (χ1n) is 26.8. The summed E-state index contributed by atoms with van der Waals surface area (Å²) in [6, 6.07) is 19.7. The van der Waals surface area contributed by atoms with Crippen LogP contribution >= 0.6 is 34.8 Å². The van der Waals surface area contributed by atoms with Crippen LogP contribution in [0.1, 0.15) is 86.4 Å². The molecule has 0 radical (unpaired) electrons. The molecule has 0 fully saturated rings. The fraction of sp³-hybridized carbons (Fsp3) is 0.317. The monoisotopic (exact) mass is 1330 g/mol. The smallest absolute Gasteiger partial charge is 0.406 e. The summed E-state index contributed by atoms with van der Waals surface area (Å²) in [4.78, 5) is 57.0. The third-order valence-electron chi connectivity index (χ3n) is 13.5. The standard InChI is InChI=1S/C22H24ClF3N4O.C19H14ClF3N4O2.C19H18ClF3N4O.3CH4/c1-29(2)10-7-15-13-19(23)20(27-14-15)16-8-11-30(12-9-16)21(31)28-18-5-3-17(4-6-18)22(24,25)26;20-16-9-12(10-24)11-25-17(16)13-5-7-27(8-6-13)18(28)26-14-1-3-15(4-2-14)29-19(21,22)23;20-16-9-12(10-24)11-25-17(16)13-5-7-27(8-6-13)18(28)26-15-3-1-14(2-4-15)19(21,22)23;;;/h3-6,8,13-14H,7,9-12H2,1-2H3,(H,28,31);1-5,9,11H,6-8H2,(H,26,28);1-5,9,11H,6-8,10,24H2,(H,26,28);3*1H4. The summed E-state index contributed by atoms with van der Waals surface area (Å²) in [5.74, 6) is -0.368. The van der Waals surface area contributed by atoms with E-state index in [2.05, 4.69) is 40.5 Å². The van der Waals surface area contributed by atoms with Crippen LogP contribution in [0, 0.1) is 11.3 Å². The molecule has 3 aliphatic heterocycles. The zero-order chi connectivity index (χ0) is 63.9. The molecule has 0 spiro atoms. The Balaban J connectivity index is 0.000000287. The van der Waals surface area contributed by atoms with Crippen LogP contribution in [0.5, 0.6) is 5.75 Å². The number of rotatable bonds is 11. The quantitative estimate of drug-likeness (QED) is 0.0906. The Hall–Kier alpha value is -8.41. The van der Waals surface area contributed by atoms with Crippen molar-refractivity contribution >= 4 is 86.7 Å². The van der Waals surface area contributed by atoms with Crippen LogP contribution in [0.3, 0.4) is 0 Å². The predicted octanol–water partition coefficient (Wildman–Crippen LogP) is 16.4. The molecule has 0 unspecified atom stereocenters. The number of hydrogen-bond acceptors (Lipinski definition) is 10. The van der Waals surface area contributed by atoms with Gasteiger partial charge in [0.2, 0.25) is 0 Å². The summed E-state index contributed by atoms with van der Waals surface area (Å²) in [7, 11) is 4.02. The summed E-state index contributed by atoms with van der Waals surface area (Å²) < 4.78 is 116.